The number of thioether (sulfide) groups is 1. The van der Waals surface area contributed by atoms with E-state index in [9.17, 15) is 9.59 Å². The first-order chi connectivity index (χ1) is 13.0. The fourth-order valence-corrected chi connectivity index (χ4v) is 3.27. The van der Waals surface area contributed by atoms with Gasteiger partial charge in [-0.1, -0.05) is 30.0 Å². The Kier molecular flexibility index (Phi) is 5.87. The number of nitrogens with zero attached hydrogens (tertiary/aromatic N) is 4. The number of carbonyl (C=O) groups excluding carboxylic acids is 2. The van der Waals surface area contributed by atoms with Crippen molar-refractivity contribution in [2.45, 2.75) is 13.5 Å². The number of rotatable bonds is 6. The minimum absolute atomic E-state index is 0.0358. The van der Waals surface area contributed by atoms with Crippen molar-refractivity contribution in [3.05, 3.63) is 47.3 Å². The summed E-state index contributed by atoms with van der Waals surface area (Å²) in [7, 11) is 0. The number of para-hydroxylation sites is 1. The summed E-state index contributed by atoms with van der Waals surface area (Å²) in [5, 5.41) is 3.54. The van der Waals surface area contributed by atoms with E-state index < -0.39 is 5.97 Å². The normalized spacial score (nSPS) is 15.2. The van der Waals surface area contributed by atoms with Crippen LogP contribution in [-0.4, -0.2) is 44.1 Å². The third kappa shape index (κ3) is 4.94. The summed E-state index contributed by atoms with van der Waals surface area (Å²) in [6.07, 6.45) is 1.30. The van der Waals surface area contributed by atoms with Gasteiger partial charge in [-0.3, -0.25) is 9.69 Å². The molecule has 10 heteroatoms. The smallest absolute Gasteiger partial charge is 0.333 e. The molecular weight excluding hydrogens is 368 g/mol. The molecule has 0 spiro atoms. The summed E-state index contributed by atoms with van der Waals surface area (Å²) in [6.45, 7) is 2.06. The van der Waals surface area contributed by atoms with Crippen molar-refractivity contribution in [2.24, 2.45) is 0 Å². The second-order valence-corrected chi connectivity index (χ2v) is 6.42. The zero-order chi connectivity index (χ0) is 19.2. The van der Waals surface area contributed by atoms with Gasteiger partial charge in [0.25, 0.3) is 0 Å². The van der Waals surface area contributed by atoms with Gasteiger partial charge in [0, 0.05) is 5.69 Å². The number of carbonyl (C=O) groups is 2. The van der Waals surface area contributed by atoms with Crippen LogP contribution in [0.1, 0.15) is 12.7 Å². The van der Waals surface area contributed by atoms with Crippen LogP contribution >= 0.6 is 11.8 Å². The lowest BCUT2D eigenvalue weighted by Crippen LogP contribution is -2.26. The molecule has 3 N–H and O–H groups in total. The highest BCUT2D eigenvalue weighted by Crippen LogP contribution is 2.30. The van der Waals surface area contributed by atoms with Crippen molar-refractivity contribution in [1.29, 1.82) is 0 Å². The van der Waals surface area contributed by atoms with Crippen LogP contribution in [0.2, 0.25) is 0 Å². The maximum atomic E-state index is 12.2. The Hall–Kier alpha value is -3.14. The number of ether oxygens (including phenoxy) is 1. The first kappa shape index (κ1) is 18.6. The number of hydrogen-bond acceptors (Lipinski definition) is 9. The van der Waals surface area contributed by atoms with Crippen LogP contribution in [0.25, 0.3) is 0 Å². The number of nitrogens with one attached hydrogen (secondary N) is 1. The van der Waals surface area contributed by atoms with Gasteiger partial charge in [0.15, 0.2) is 5.82 Å². The molecule has 0 radical (unpaired) electrons. The second-order valence-electron chi connectivity index (χ2n) is 5.43. The number of nitrogen functional groups attached to an aromatic ring is 1. The summed E-state index contributed by atoms with van der Waals surface area (Å²) in [4.78, 5) is 37.8. The molecule has 0 saturated carbocycles. The van der Waals surface area contributed by atoms with Crippen LogP contribution in [0, 0.1) is 0 Å². The minimum Gasteiger partial charge on any atom is -0.463 e. The zero-order valence-corrected chi connectivity index (χ0v) is 15.4. The Morgan fingerprint density at radius 1 is 1.33 bits per heavy atom. The number of benzene rings is 1. The molecule has 27 heavy (non-hydrogen) atoms. The van der Waals surface area contributed by atoms with E-state index in [4.69, 9.17) is 10.5 Å². The van der Waals surface area contributed by atoms with Crippen molar-refractivity contribution < 1.29 is 14.3 Å². The Morgan fingerprint density at radius 3 is 2.85 bits per heavy atom. The third-order valence-corrected chi connectivity index (χ3v) is 4.49. The zero-order valence-electron chi connectivity index (χ0n) is 14.6. The highest BCUT2D eigenvalue weighted by Gasteiger charge is 2.28. The van der Waals surface area contributed by atoms with Crippen LogP contribution in [0.4, 0.5) is 17.6 Å². The summed E-state index contributed by atoms with van der Waals surface area (Å²) >= 11 is 1.26. The molecule has 1 saturated heterocycles. The number of nitrogens with two attached hydrogens (primary N) is 1. The van der Waals surface area contributed by atoms with E-state index in [0.29, 0.717) is 10.9 Å². The van der Waals surface area contributed by atoms with Gasteiger partial charge in [-0.15, -0.1) is 0 Å². The van der Waals surface area contributed by atoms with Crippen LogP contribution in [-0.2, 0) is 20.9 Å². The summed E-state index contributed by atoms with van der Waals surface area (Å²) in [5.74, 6) is 0.216. The van der Waals surface area contributed by atoms with Crippen LogP contribution in [0.3, 0.4) is 0 Å². The number of hydrogen-bond donors (Lipinski definition) is 2. The van der Waals surface area contributed by atoms with E-state index in [1.165, 1.54) is 22.7 Å². The Labute approximate surface area is 160 Å². The summed E-state index contributed by atoms with van der Waals surface area (Å²) in [6, 6.07) is 9.37. The van der Waals surface area contributed by atoms with Crippen molar-refractivity contribution in [1.82, 2.24) is 19.9 Å². The number of aromatic nitrogens is 3. The molecule has 1 aliphatic rings. The van der Waals surface area contributed by atoms with Crippen molar-refractivity contribution in [3.8, 4) is 0 Å². The molecule has 1 amide bonds. The maximum absolute atomic E-state index is 12.2. The van der Waals surface area contributed by atoms with Gasteiger partial charge in [-0.05, 0) is 19.1 Å². The number of esters is 1. The number of amides is 1. The lowest BCUT2D eigenvalue weighted by molar-refractivity contribution is -0.137. The average Bonchev–Trinajstić information content (AvgIpc) is 2.95. The largest absolute Gasteiger partial charge is 0.463 e. The maximum Gasteiger partial charge on any atom is 0.333 e. The average molecular weight is 386 g/mol. The van der Waals surface area contributed by atoms with Crippen molar-refractivity contribution in [3.63, 3.8) is 0 Å². The molecule has 0 atom stereocenters. The highest BCUT2D eigenvalue weighted by atomic mass is 32.2. The molecule has 9 nitrogen and oxygen atoms in total. The lowest BCUT2D eigenvalue weighted by Gasteiger charge is -2.16. The molecule has 1 aromatic carbocycles. The van der Waals surface area contributed by atoms with E-state index >= 15 is 0 Å². The molecule has 140 valence electrons. The molecule has 0 unspecified atom stereocenters. The van der Waals surface area contributed by atoms with E-state index in [-0.39, 0.29) is 36.7 Å². The van der Waals surface area contributed by atoms with Gasteiger partial charge in [0.05, 0.1) is 30.0 Å². The Balaban J connectivity index is 1.79. The Bertz CT molecular complexity index is 874. The van der Waals surface area contributed by atoms with Crippen molar-refractivity contribution >= 4 is 41.2 Å². The van der Waals surface area contributed by atoms with Gasteiger partial charge < -0.3 is 15.8 Å². The predicted octanol–water partition coefficient (Wildman–Crippen LogP) is 1.68. The van der Waals surface area contributed by atoms with Crippen LogP contribution in [0.5, 0.6) is 0 Å². The predicted molar refractivity (Wildman–Crippen MR) is 102 cm³/mol. The topological polar surface area (TPSA) is 123 Å². The molecule has 3 rings (SSSR count). The van der Waals surface area contributed by atoms with Gasteiger partial charge in [0.1, 0.15) is 0 Å². The molecule has 2 aromatic rings. The first-order valence-corrected chi connectivity index (χ1v) is 9.18. The highest BCUT2D eigenvalue weighted by molar-refractivity contribution is 8.04. The third-order valence-electron chi connectivity index (χ3n) is 3.47. The minimum atomic E-state index is -0.499. The van der Waals surface area contributed by atoms with Gasteiger partial charge in [-0.25, -0.2) is 4.79 Å². The quantitative estimate of drug-likeness (QED) is 0.563. The molecular formula is C17H18N6O3S. The number of anilines is 3. The SMILES string of the molecule is CCOC(=O)/C=C1\SCC(=O)N1Cc1nc(N)nc(Nc2ccccc2)n1. The van der Waals surface area contributed by atoms with Gasteiger partial charge in [0.2, 0.25) is 17.8 Å². The van der Waals surface area contributed by atoms with E-state index in [2.05, 4.69) is 20.3 Å². The fraction of sp³-hybridized carbons (Fsp3) is 0.235. The molecule has 2 heterocycles. The standard InChI is InChI=1S/C17H18N6O3S/c1-2-26-15(25)8-14-23(13(24)10-27-14)9-12-20-16(18)22-17(21-12)19-11-6-4-3-5-7-11/h3-8H,2,9-10H2,1H3,(H3,18,19,20,21,22)/b14-8-. The molecule has 0 bridgehead atoms. The van der Waals surface area contributed by atoms with Gasteiger partial charge >= 0.3 is 5.97 Å². The van der Waals surface area contributed by atoms with Crippen LogP contribution in [0.15, 0.2) is 41.4 Å². The molecule has 1 fully saturated rings. The Morgan fingerprint density at radius 2 is 2.11 bits per heavy atom. The van der Waals surface area contributed by atoms with Gasteiger partial charge in [-0.2, -0.15) is 15.0 Å². The van der Waals surface area contributed by atoms with E-state index in [0.717, 1.165) is 5.69 Å². The molecule has 1 aliphatic heterocycles. The second kappa shape index (κ2) is 8.49. The lowest BCUT2D eigenvalue weighted by atomic mass is 10.3. The first-order valence-electron chi connectivity index (χ1n) is 8.19. The molecule has 1 aromatic heterocycles. The van der Waals surface area contributed by atoms with E-state index in [1.54, 1.807) is 6.92 Å². The van der Waals surface area contributed by atoms with Crippen LogP contribution < -0.4 is 11.1 Å². The van der Waals surface area contributed by atoms with E-state index in [1.807, 2.05) is 30.3 Å². The monoisotopic (exact) mass is 386 g/mol. The van der Waals surface area contributed by atoms with Crippen molar-refractivity contribution in [2.75, 3.05) is 23.4 Å². The summed E-state index contributed by atoms with van der Waals surface area (Å²) < 4.78 is 4.90. The summed E-state index contributed by atoms with van der Waals surface area (Å²) in [5.41, 5.74) is 6.57. The fourth-order valence-electron chi connectivity index (χ4n) is 2.34. The molecule has 0 aliphatic carbocycles.